The summed E-state index contributed by atoms with van der Waals surface area (Å²) in [6.07, 6.45) is 4.50. The summed E-state index contributed by atoms with van der Waals surface area (Å²) < 4.78 is 24.6. The van der Waals surface area contributed by atoms with Crippen LogP contribution < -0.4 is 10.9 Å². The number of aliphatic hydroxyl groups is 1. The maximum atomic E-state index is 12.7. The van der Waals surface area contributed by atoms with Gasteiger partial charge in [-0.15, -0.1) is 0 Å². The van der Waals surface area contributed by atoms with Gasteiger partial charge in [-0.25, -0.2) is 13.4 Å². The van der Waals surface area contributed by atoms with Crippen LogP contribution in [0.1, 0.15) is 32.2 Å². The molecule has 2 heterocycles. The Morgan fingerprint density at radius 2 is 1.97 bits per heavy atom. The van der Waals surface area contributed by atoms with Crippen molar-refractivity contribution >= 4 is 32.5 Å². The lowest BCUT2D eigenvalue weighted by Gasteiger charge is -2.28. The van der Waals surface area contributed by atoms with Crippen molar-refractivity contribution in [2.45, 2.75) is 42.7 Å². The van der Waals surface area contributed by atoms with E-state index in [4.69, 9.17) is 0 Å². The minimum Gasteiger partial charge on any atom is -0.503 e. The number of sulfone groups is 1. The van der Waals surface area contributed by atoms with Gasteiger partial charge in [0.05, 0.1) is 16.5 Å². The molecule has 0 amide bonds. The normalized spacial score (nSPS) is 21.8. The number of anilines is 2. The number of fused-ring (bicyclic) bond motifs is 1. The smallest absolute Gasteiger partial charge is 0.294 e. The largest absolute Gasteiger partial charge is 0.503 e. The first kappa shape index (κ1) is 20.3. The molecule has 0 radical (unpaired) electrons. The van der Waals surface area contributed by atoms with E-state index in [1.54, 1.807) is 19.1 Å². The first-order valence-electron chi connectivity index (χ1n) is 9.47. The van der Waals surface area contributed by atoms with Crippen molar-refractivity contribution in [1.82, 2.24) is 14.5 Å². The van der Waals surface area contributed by atoms with Gasteiger partial charge in [-0.2, -0.15) is 4.98 Å². The number of pyridine rings is 1. The molecule has 0 unspecified atom stereocenters. The van der Waals surface area contributed by atoms with Gasteiger partial charge in [0.1, 0.15) is 5.65 Å². The highest BCUT2D eigenvalue weighted by Crippen LogP contribution is 2.39. The molecule has 0 bridgehead atoms. The van der Waals surface area contributed by atoms with Crippen molar-refractivity contribution in [3.8, 4) is 5.75 Å². The zero-order valence-corrected chi connectivity index (χ0v) is 17.3. The van der Waals surface area contributed by atoms with Crippen molar-refractivity contribution in [2.24, 2.45) is 0 Å². The molecule has 0 aliphatic heterocycles. The molecule has 10 heteroatoms. The lowest BCUT2D eigenvalue weighted by molar-refractivity contribution is 0.0265. The predicted octanol–water partition coefficient (Wildman–Crippen LogP) is 2.12. The maximum Gasteiger partial charge on any atom is 0.294 e. The highest BCUT2D eigenvalue weighted by molar-refractivity contribution is 7.90. The summed E-state index contributed by atoms with van der Waals surface area (Å²) in [5.41, 5.74) is -0.834. The van der Waals surface area contributed by atoms with Crippen LogP contribution in [-0.2, 0) is 9.84 Å². The summed E-state index contributed by atoms with van der Waals surface area (Å²) in [5.74, 6) is -0.225. The first-order valence-corrected chi connectivity index (χ1v) is 11.4. The Bertz CT molecular complexity index is 1280. The summed E-state index contributed by atoms with van der Waals surface area (Å²) in [6, 6.07) is 6.93. The molecule has 0 spiro atoms. The van der Waals surface area contributed by atoms with Crippen LogP contribution in [0.4, 0.5) is 11.6 Å². The van der Waals surface area contributed by atoms with Crippen LogP contribution >= 0.6 is 0 Å². The molecule has 1 aliphatic carbocycles. The predicted molar refractivity (Wildman–Crippen MR) is 112 cm³/mol. The monoisotopic (exact) mass is 430 g/mol. The van der Waals surface area contributed by atoms with Gasteiger partial charge in [-0.05, 0) is 56.5 Å². The number of nitrogens with one attached hydrogen (secondary N) is 1. The fraction of sp³-hybridized carbons (Fsp3) is 0.350. The molecule has 9 nitrogen and oxygen atoms in total. The number of hydrogen-bond acceptors (Lipinski definition) is 8. The summed E-state index contributed by atoms with van der Waals surface area (Å²) in [4.78, 5) is 21.6. The van der Waals surface area contributed by atoms with Crippen molar-refractivity contribution in [3.05, 3.63) is 46.9 Å². The molecular weight excluding hydrogens is 408 g/mol. The number of nitrogens with zero attached hydrogens (tertiary/aromatic N) is 3. The summed E-state index contributed by atoms with van der Waals surface area (Å²) in [5, 5.41) is 24.3. The lowest BCUT2D eigenvalue weighted by atomic mass is 10.00. The Hall–Kier alpha value is -2.98. The fourth-order valence-corrected chi connectivity index (χ4v) is 4.54. The van der Waals surface area contributed by atoms with Crippen LogP contribution in [0.25, 0.3) is 11.0 Å². The van der Waals surface area contributed by atoms with E-state index < -0.39 is 32.8 Å². The highest BCUT2D eigenvalue weighted by Gasteiger charge is 2.39. The van der Waals surface area contributed by atoms with E-state index in [1.807, 2.05) is 0 Å². The van der Waals surface area contributed by atoms with E-state index >= 15 is 0 Å². The standard InChI is InChI=1S/C20H22N4O5S/c1-20(27)9-3-4-16(20)24-17-12(10-15(25)18(24)26)11-21-19(23-17)22-13-5-7-14(8-6-13)30(2,28)29/h5-8,10-11,16,25,27H,3-4,9H2,1-2H3,(H,21,22,23)/t16-,20-/m1/s1. The SMILES string of the molecule is C[C@@]1(O)CCC[C@H]1n1c(=O)c(O)cc2cnc(Nc3ccc(S(C)(=O)=O)cc3)nc21. The third kappa shape index (κ3) is 3.63. The number of hydrogen-bond donors (Lipinski definition) is 3. The van der Waals surface area contributed by atoms with Crippen LogP contribution in [0.3, 0.4) is 0 Å². The van der Waals surface area contributed by atoms with Gasteiger partial charge < -0.3 is 15.5 Å². The Labute approximate surface area is 173 Å². The van der Waals surface area contributed by atoms with Crippen LogP contribution in [-0.4, -0.2) is 45.0 Å². The zero-order valence-electron chi connectivity index (χ0n) is 16.5. The van der Waals surface area contributed by atoms with Gasteiger partial charge >= 0.3 is 0 Å². The number of rotatable bonds is 4. The van der Waals surface area contributed by atoms with Gasteiger partial charge in [0.15, 0.2) is 15.6 Å². The second-order valence-corrected chi connectivity index (χ2v) is 9.88. The van der Waals surface area contributed by atoms with E-state index in [2.05, 4.69) is 15.3 Å². The van der Waals surface area contributed by atoms with Gasteiger partial charge in [-0.3, -0.25) is 9.36 Å². The van der Waals surface area contributed by atoms with Gasteiger partial charge in [0.2, 0.25) is 5.95 Å². The highest BCUT2D eigenvalue weighted by atomic mass is 32.2. The molecule has 1 aromatic carbocycles. The van der Waals surface area contributed by atoms with Crippen molar-refractivity contribution in [1.29, 1.82) is 0 Å². The summed E-state index contributed by atoms with van der Waals surface area (Å²) in [7, 11) is -3.30. The van der Waals surface area contributed by atoms with Crippen LogP contribution in [0.2, 0.25) is 0 Å². The Balaban J connectivity index is 1.78. The van der Waals surface area contributed by atoms with E-state index in [-0.39, 0.29) is 10.8 Å². The first-order chi connectivity index (χ1) is 14.1. The third-order valence-corrected chi connectivity index (χ3v) is 6.61. The average molecular weight is 430 g/mol. The molecule has 158 valence electrons. The molecule has 2 atom stereocenters. The molecule has 3 N–H and O–H groups in total. The quantitative estimate of drug-likeness (QED) is 0.573. The van der Waals surface area contributed by atoms with Crippen molar-refractivity contribution < 1.29 is 18.6 Å². The van der Waals surface area contributed by atoms with Gasteiger partial charge in [0, 0.05) is 23.5 Å². The molecule has 1 saturated carbocycles. The Morgan fingerprint density at radius 1 is 1.27 bits per heavy atom. The maximum absolute atomic E-state index is 12.7. The summed E-state index contributed by atoms with van der Waals surface area (Å²) >= 11 is 0. The second kappa shape index (κ2) is 7.06. The van der Waals surface area contributed by atoms with Crippen LogP contribution in [0.5, 0.6) is 5.75 Å². The molecule has 1 fully saturated rings. The fourth-order valence-electron chi connectivity index (χ4n) is 3.91. The van der Waals surface area contributed by atoms with E-state index in [9.17, 15) is 23.4 Å². The van der Waals surface area contributed by atoms with Gasteiger partial charge in [-0.1, -0.05) is 0 Å². The number of aromatic nitrogens is 3. The molecule has 2 aromatic heterocycles. The van der Waals surface area contributed by atoms with E-state index in [0.29, 0.717) is 29.6 Å². The Kier molecular flexibility index (Phi) is 4.78. The summed E-state index contributed by atoms with van der Waals surface area (Å²) in [6.45, 7) is 1.68. The molecule has 3 aromatic rings. The molecule has 1 aliphatic rings. The molecule has 4 rings (SSSR count). The topological polar surface area (TPSA) is 134 Å². The average Bonchev–Trinajstić information content (AvgIpc) is 3.02. The minimum absolute atomic E-state index is 0.195. The second-order valence-electron chi connectivity index (χ2n) is 7.86. The minimum atomic E-state index is -3.30. The van der Waals surface area contributed by atoms with E-state index in [0.717, 1.165) is 12.7 Å². The van der Waals surface area contributed by atoms with Gasteiger partial charge in [0.25, 0.3) is 5.56 Å². The molecule has 30 heavy (non-hydrogen) atoms. The molecular formula is C20H22N4O5S. The lowest BCUT2D eigenvalue weighted by Crippen LogP contribution is -2.37. The number of benzene rings is 1. The van der Waals surface area contributed by atoms with Crippen molar-refractivity contribution in [3.63, 3.8) is 0 Å². The van der Waals surface area contributed by atoms with Crippen LogP contribution in [0, 0.1) is 0 Å². The van der Waals surface area contributed by atoms with Crippen molar-refractivity contribution in [2.75, 3.05) is 11.6 Å². The Morgan fingerprint density at radius 3 is 2.57 bits per heavy atom. The van der Waals surface area contributed by atoms with Crippen LogP contribution in [0.15, 0.2) is 46.2 Å². The zero-order chi connectivity index (χ0) is 21.7. The van der Waals surface area contributed by atoms with E-state index in [1.165, 1.54) is 29.0 Å². The molecule has 0 saturated heterocycles. The third-order valence-electron chi connectivity index (χ3n) is 5.48. The number of aromatic hydroxyl groups is 1.